The van der Waals surface area contributed by atoms with Gasteiger partial charge in [0, 0.05) is 19.0 Å². The van der Waals surface area contributed by atoms with Gasteiger partial charge in [0.05, 0.1) is 28.4 Å². The minimum Gasteiger partial charge on any atom is -0.493 e. The molecule has 0 aliphatic heterocycles. The van der Waals surface area contributed by atoms with E-state index in [1.54, 1.807) is 0 Å². The topological polar surface area (TPSA) is 117 Å². The number of benzene rings is 1. The van der Waals surface area contributed by atoms with Crippen molar-refractivity contribution in [1.82, 2.24) is 4.72 Å². The van der Waals surface area contributed by atoms with Crippen molar-refractivity contribution in [3.63, 3.8) is 0 Å². The van der Waals surface area contributed by atoms with Gasteiger partial charge < -0.3 is 18.9 Å². The molecule has 0 aliphatic rings. The number of hydrogen-bond acceptors (Lipinski definition) is 8. The molecule has 0 fully saturated rings. The van der Waals surface area contributed by atoms with Gasteiger partial charge in [-0.25, -0.2) is 17.9 Å². The van der Waals surface area contributed by atoms with Crippen LogP contribution in [0.5, 0.6) is 11.5 Å². The smallest absolute Gasteiger partial charge is 0.330 e. The van der Waals surface area contributed by atoms with Crippen molar-refractivity contribution in [2.75, 3.05) is 35.0 Å². The van der Waals surface area contributed by atoms with Crippen LogP contribution in [-0.4, -0.2) is 55.3 Å². The van der Waals surface area contributed by atoms with Gasteiger partial charge in [-0.3, -0.25) is 4.79 Å². The number of carbonyl (C=O) groups excluding carboxylic acids is 2. The van der Waals surface area contributed by atoms with Crippen molar-refractivity contribution < 1.29 is 37.0 Å². The summed E-state index contributed by atoms with van der Waals surface area (Å²) < 4.78 is 47.4. The quantitative estimate of drug-likeness (QED) is 0.328. The molecular weight excluding hydrogens is 390 g/mol. The van der Waals surface area contributed by atoms with Gasteiger partial charge in [0.2, 0.25) is 10.0 Å². The van der Waals surface area contributed by atoms with Crippen LogP contribution < -0.4 is 14.2 Å². The molecule has 1 aromatic rings. The lowest BCUT2D eigenvalue weighted by atomic mass is 10.2. The first-order valence-electron chi connectivity index (χ1n) is 8.37. The van der Waals surface area contributed by atoms with Crippen molar-refractivity contribution in [3.8, 4) is 11.5 Å². The summed E-state index contributed by atoms with van der Waals surface area (Å²) >= 11 is 0. The third-order valence-corrected chi connectivity index (χ3v) is 5.16. The van der Waals surface area contributed by atoms with Crippen molar-refractivity contribution in [2.45, 2.75) is 24.2 Å². The number of methoxy groups -OCH3 is 4. The number of ether oxygens (including phenoxy) is 4. The Balaban J connectivity index is 3.05. The standard InChI is InChI=1S/C18H25NO8S/c1-24-14-11-13(8-9-17(21)26-3)12-15(18(14)27-4)28(22,23)19-10-6-5-7-16(20)25-2/h8-9,11-12,19H,5-7,10H2,1-4H3/b9-8+. The van der Waals surface area contributed by atoms with Crippen molar-refractivity contribution >= 4 is 28.0 Å². The normalized spacial score (nSPS) is 11.3. The van der Waals surface area contributed by atoms with Gasteiger partial charge in [-0.05, 0) is 36.6 Å². The Labute approximate surface area is 164 Å². The molecule has 0 heterocycles. The lowest BCUT2D eigenvalue weighted by molar-refractivity contribution is -0.140. The Morgan fingerprint density at radius 1 is 1.04 bits per heavy atom. The second-order valence-electron chi connectivity index (χ2n) is 5.54. The van der Waals surface area contributed by atoms with Crippen LogP contribution in [-0.2, 0) is 29.1 Å². The van der Waals surface area contributed by atoms with E-state index in [2.05, 4.69) is 14.2 Å². The lowest BCUT2D eigenvalue weighted by Crippen LogP contribution is -2.25. The molecule has 0 aliphatic carbocycles. The predicted molar refractivity (Wildman–Crippen MR) is 102 cm³/mol. The second-order valence-corrected chi connectivity index (χ2v) is 7.28. The minimum absolute atomic E-state index is 0.0415. The predicted octanol–water partition coefficient (Wildman–Crippen LogP) is 1.51. The monoisotopic (exact) mass is 415 g/mol. The summed E-state index contributed by atoms with van der Waals surface area (Å²) in [6.07, 6.45) is 3.72. The van der Waals surface area contributed by atoms with Gasteiger partial charge in [-0.1, -0.05) is 0 Å². The van der Waals surface area contributed by atoms with Crippen LogP contribution in [0.2, 0.25) is 0 Å². The zero-order valence-electron chi connectivity index (χ0n) is 16.3. The third kappa shape index (κ3) is 6.86. The highest BCUT2D eigenvalue weighted by Crippen LogP contribution is 2.36. The van der Waals surface area contributed by atoms with Crippen molar-refractivity contribution in [3.05, 3.63) is 23.8 Å². The molecular formula is C18H25NO8S. The van der Waals surface area contributed by atoms with Gasteiger partial charge in [-0.15, -0.1) is 0 Å². The first-order valence-corrected chi connectivity index (χ1v) is 9.85. The van der Waals surface area contributed by atoms with Gasteiger partial charge in [0.1, 0.15) is 4.90 Å². The molecule has 0 radical (unpaired) electrons. The average Bonchev–Trinajstić information content (AvgIpc) is 2.70. The Kier molecular flexibility index (Phi) is 9.46. The molecule has 0 unspecified atom stereocenters. The Hall–Kier alpha value is -2.59. The summed E-state index contributed by atoms with van der Waals surface area (Å²) in [5.41, 5.74) is 0.411. The van der Waals surface area contributed by atoms with E-state index in [1.807, 2.05) is 0 Å². The summed E-state index contributed by atoms with van der Waals surface area (Å²) in [6.45, 7) is 0.132. The molecule has 0 amide bonds. The molecule has 156 valence electrons. The number of carbonyl (C=O) groups is 2. The molecule has 0 bridgehead atoms. The molecule has 0 spiro atoms. The van der Waals surface area contributed by atoms with Crippen LogP contribution in [0.3, 0.4) is 0 Å². The fourth-order valence-corrected chi connectivity index (χ4v) is 3.55. The van der Waals surface area contributed by atoms with E-state index in [4.69, 9.17) is 9.47 Å². The largest absolute Gasteiger partial charge is 0.493 e. The fourth-order valence-electron chi connectivity index (χ4n) is 2.26. The van der Waals surface area contributed by atoms with E-state index in [9.17, 15) is 18.0 Å². The number of hydrogen-bond donors (Lipinski definition) is 1. The zero-order chi connectivity index (χ0) is 21.2. The molecule has 1 rings (SSSR count). The number of esters is 2. The summed E-state index contributed by atoms with van der Waals surface area (Å²) in [7, 11) is 1.31. The zero-order valence-corrected chi connectivity index (χ0v) is 17.1. The molecule has 10 heteroatoms. The van der Waals surface area contributed by atoms with Crippen LogP contribution in [0.1, 0.15) is 24.8 Å². The summed E-state index contributed by atoms with van der Waals surface area (Å²) in [4.78, 5) is 22.2. The Morgan fingerprint density at radius 2 is 1.75 bits per heavy atom. The molecule has 0 atom stereocenters. The molecule has 1 aromatic carbocycles. The average molecular weight is 415 g/mol. The highest BCUT2D eigenvalue weighted by Gasteiger charge is 2.23. The minimum atomic E-state index is -3.93. The van der Waals surface area contributed by atoms with E-state index in [0.717, 1.165) is 6.08 Å². The molecule has 0 aromatic heterocycles. The summed E-state index contributed by atoms with van der Waals surface area (Å²) in [6, 6.07) is 2.89. The molecule has 28 heavy (non-hydrogen) atoms. The Bertz CT molecular complexity index is 817. The second kappa shape index (κ2) is 11.3. The highest BCUT2D eigenvalue weighted by molar-refractivity contribution is 7.89. The van der Waals surface area contributed by atoms with E-state index in [0.29, 0.717) is 18.4 Å². The van der Waals surface area contributed by atoms with E-state index in [-0.39, 0.29) is 35.3 Å². The van der Waals surface area contributed by atoms with E-state index < -0.39 is 16.0 Å². The van der Waals surface area contributed by atoms with Crippen LogP contribution in [0, 0.1) is 0 Å². The van der Waals surface area contributed by atoms with Crippen LogP contribution in [0.25, 0.3) is 6.08 Å². The van der Waals surface area contributed by atoms with Gasteiger partial charge in [0.25, 0.3) is 0 Å². The van der Waals surface area contributed by atoms with E-state index >= 15 is 0 Å². The first-order chi connectivity index (χ1) is 13.3. The summed E-state index contributed by atoms with van der Waals surface area (Å²) in [5, 5.41) is 0. The molecule has 1 N–H and O–H groups in total. The third-order valence-electron chi connectivity index (χ3n) is 3.70. The van der Waals surface area contributed by atoms with Crippen LogP contribution in [0.4, 0.5) is 0 Å². The SMILES string of the molecule is COC(=O)/C=C/c1cc(OC)c(OC)c(S(=O)(=O)NCCCCC(=O)OC)c1. The number of rotatable bonds is 11. The lowest BCUT2D eigenvalue weighted by Gasteiger charge is -2.15. The number of nitrogens with one attached hydrogen (secondary N) is 1. The molecule has 9 nitrogen and oxygen atoms in total. The number of sulfonamides is 1. The first kappa shape index (κ1) is 23.4. The van der Waals surface area contributed by atoms with Gasteiger partial charge in [0.15, 0.2) is 11.5 Å². The van der Waals surface area contributed by atoms with Crippen molar-refractivity contribution in [1.29, 1.82) is 0 Å². The number of unbranched alkanes of at least 4 members (excludes halogenated alkanes) is 1. The Morgan fingerprint density at radius 3 is 2.32 bits per heavy atom. The van der Waals surface area contributed by atoms with Crippen LogP contribution in [0.15, 0.2) is 23.1 Å². The van der Waals surface area contributed by atoms with Crippen molar-refractivity contribution in [2.24, 2.45) is 0 Å². The maximum Gasteiger partial charge on any atom is 0.330 e. The maximum atomic E-state index is 12.7. The molecule has 0 saturated heterocycles. The summed E-state index contributed by atoms with van der Waals surface area (Å²) in [5.74, 6) is -0.692. The van der Waals surface area contributed by atoms with Gasteiger partial charge in [-0.2, -0.15) is 0 Å². The highest BCUT2D eigenvalue weighted by atomic mass is 32.2. The van der Waals surface area contributed by atoms with E-state index in [1.165, 1.54) is 46.6 Å². The molecule has 0 saturated carbocycles. The van der Waals surface area contributed by atoms with Gasteiger partial charge >= 0.3 is 11.9 Å². The van der Waals surface area contributed by atoms with Crippen LogP contribution >= 0.6 is 0 Å². The fraction of sp³-hybridized carbons (Fsp3) is 0.444. The maximum absolute atomic E-state index is 12.7.